The van der Waals surface area contributed by atoms with Crippen LogP contribution in [0.4, 0.5) is 26.1 Å². The highest BCUT2D eigenvalue weighted by Gasteiger charge is 2.07. The van der Waals surface area contributed by atoms with Crippen LogP contribution in [0.15, 0.2) is 54.6 Å². The van der Waals surface area contributed by atoms with Gasteiger partial charge in [0.25, 0.3) is 0 Å². The summed E-state index contributed by atoms with van der Waals surface area (Å²) in [6.45, 7) is 0. The van der Waals surface area contributed by atoms with Crippen molar-refractivity contribution >= 4 is 34.8 Å². The summed E-state index contributed by atoms with van der Waals surface area (Å²) in [5, 5.41) is 13.4. The minimum atomic E-state index is -0.512. The number of aromatic nitrogens is 2. The lowest BCUT2D eigenvalue weighted by molar-refractivity contribution is -0.115. The summed E-state index contributed by atoms with van der Waals surface area (Å²) in [6, 6.07) is 13.0. The molecule has 0 aliphatic carbocycles. The van der Waals surface area contributed by atoms with Crippen LogP contribution in [0.1, 0.15) is 5.56 Å². The Balaban J connectivity index is 1.59. The van der Waals surface area contributed by atoms with Crippen LogP contribution in [-0.4, -0.2) is 16.1 Å². The zero-order valence-electron chi connectivity index (χ0n) is 13.3. The van der Waals surface area contributed by atoms with Gasteiger partial charge in [-0.05, 0) is 48.0 Å². The Morgan fingerprint density at radius 2 is 1.65 bits per heavy atom. The first-order valence-corrected chi connectivity index (χ1v) is 7.97. The Labute approximate surface area is 153 Å². The second-order valence-corrected chi connectivity index (χ2v) is 5.82. The molecular weight excluding hydrogens is 362 g/mol. The Morgan fingerprint density at radius 1 is 0.962 bits per heavy atom. The molecule has 5 nitrogen and oxygen atoms in total. The predicted octanol–water partition coefficient (Wildman–Crippen LogP) is 4.33. The number of halogens is 3. The topological polar surface area (TPSA) is 66.9 Å². The van der Waals surface area contributed by atoms with E-state index in [1.54, 1.807) is 24.3 Å². The summed E-state index contributed by atoms with van der Waals surface area (Å²) in [7, 11) is 0. The van der Waals surface area contributed by atoms with E-state index in [-0.39, 0.29) is 29.0 Å². The minimum Gasteiger partial charge on any atom is -0.339 e. The van der Waals surface area contributed by atoms with Crippen LogP contribution in [0.3, 0.4) is 0 Å². The van der Waals surface area contributed by atoms with Crippen molar-refractivity contribution in [2.24, 2.45) is 0 Å². The first-order chi connectivity index (χ1) is 12.5. The normalized spacial score (nSPS) is 10.4. The van der Waals surface area contributed by atoms with Crippen molar-refractivity contribution < 1.29 is 13.6 Å². The fraction of sp³-hybridized carbons (Fsp3) is 0.0556. The molecule has 0 atom stereocenters. The van der Waals surface area contributed by atoms with Crippen molar-refractivity contribution in [2.75, 3.05) is 10.6 Å². The van der Waals surface area contributed by atoms with Crippen LogP contribution in [0, 0.1) is 11.6 Å². The summed E-state index contributed by atoms with van der Waals surface area (Å²) >= 11 is 5.72. The molecule has 0 bridgehead atoms. The lowest BCUT2D eigenvalue weighted by Gasteiger charge is -2.07. The van der Waals surface area contributed by atoms with Crippen molar-refractivity contribution in [1.29, 1.82) is 0 Å². The molecule has 0 unspecified atom stereocenters. The third-order valence-electron chi connectivity index (χ3n) is 3.40. The number of amides is 1. The predicted molar refractivity (Wildman–Crippen MR) is 95.5 cm³/mol. The summed E-state index contributed by atoms with van der Waals surface area (Å²) in [5.74, 6) is -0.478. The van der Waals surface area contributed by atoms with E-state index < -0.39 is 5.82 Å². The van der Waals surface area contributed by atoms with E-state index in [0.29, 0.717) is 17.1 Å². The zero-order valence-corrected chi connectivity index (χ0v) is 14.1. The summed E-state index contributed by atoms with van der Waals surface area (Å²) in [5.41, 5.74) is 1.24. The van der Waals surface area contributed by atoms with E-state index in [2.05, 4.69) is 20.8 Å². The molecule has 2 aromatic carbocycles. The fourth-order valence-corrected chi connectivity index (χ4v) is 2.34. The molecule has 1 amide bonds. The fourth-order valence-electron chi connectivity index (χ4n) is 2.16. The third kappa shape index (κ3) is 4.73. The molecule has 0 saturated heterocycles. The molecular formula is C18H13ClF2N4O. The van der Waals surface area contributed by atoms with Gasteiger partial charge in [0.1, 0.15) is 11.6 Å². The van der Waals surface area contributed by atoms with Crippen LogP contribution in [0.5, 0.6) is 0 Å². The molecule has 0 aliphatic heterocycles. The van der Waals surface area contributed by atoms with Gasteiger partial charge in [-0.3, -0.25) is 4.79 Å². The van der Waals surface area contributed by atoms with Crippen molar-refractivity contribution in [3.63, 3.8) is 0 Å². The van der Waals surface area contributed by atoms with Crippen LogP contribution in [0.25, 0.3) is 0 Å². The molecule has 2 N–H and O–H groups in total. The molecule has 26 heavy (non-hydrogen) atoms. The number of carbonyl (C=O) groups excluding carboxylic acids is 1. The highest BCUT2D eigenvalue weighted by Crippen LogP contribution is 2.22. The van der Waals surface area contributed by atoms with E-state index in [1.807, 2.05) is 0 Å². The molecule has 0 spiro atoms. The number of nitrogens with one attached hydrogen (secondary N) is 2. The van der Waals surface area contributed by atoms with Gasteiger partial charge in [-0.15, -0.1) is 10.2 Å². The second kappa shape index (κ2) is 7.88. The van der Waals surface area contributed by atoms with E-state index in [4.69, 9.17) is 11.6 Å². The standard InChI is InChI=1S/C18H13ClF2N4O/c19-14-10-13(5-6-15(14)21)22-16-7-8-17(25-24-16)23-18(26)9-11-1-3-12(20)4-2-11/h1-8,10H,9H2,(H,22,24)(H,23,25,26). The molecule has 1 heterocycles. The van der Waals surface area contributed by atoms with Gasteiger partial charge in [0.05, 0.1) is 11.4 Å². The van der Waals surface area contributed by atoms with E-state index in [1.165, 1.54) is 30.3 Å². The van der Waals surface area contributed by atoms with Gasteiger partial charge in [-0.1, -0.05) is 23.7 Å². The number of nitrogens with zero attached hydrogens (tertiary/aromatic N) is 2. The molecule has 3 rings (SSSR count). The highest BCUT2D eigenvalue weighted by molar-refractivity contribution is 6.31. The molecule has 0 aliphatic rings. The van der Waals surface area contributed by atoms with Crippen molar-refractivity contribution in [3.05, 3.63) is 76.8 Å². The Hall–Kier alpha value is -3.06. The Morgan fingerprint density at radius 3 is 2.31 bits per heavy atom. The molecule has 8 heteroatoms. The number of carbonyl (C=O) groups is 1. The number of hydrogen-bond donors (Lipinski definition) is 2. The number of anilines is 3. The molecule has 1 aromatic heterocycles. The van der Waals surface area contributed by atoms with Crippen molar-refractivity contribution in [1.82, 2.24) is 10.2 Å². The van der Waals surface area contributed by atoms with Crippen molar-refractivity contribution in [3.8, 4) is 0 Å². The molecule has 0 radical (unpaired) electrons. The van der Waals surface area contributed by atoms with Gasteiger partial charge in [-0.25, -0.2) is 8.78 Å². The SMILES string of the molecule is O=C(Cc1ccc(F)cc1)Nc1ccc(Nc2ccc(F)c(Cl)c2)nn1. The average Bonchev–Trinajstić information content (AvgIpc) is 2.62. The lowest BCUT2D eigenvalue weighted by Crippen LogP contribution is -2.15. The maximum absolute atomic E-state index is 13.1. The van der Waals surface area contributed by atoms with Gasteiger partial charge in [0.15, 0.2) is 11.6 Å². The maximum atomic E-state index is 13.1. The van der Waals surface area contributed by atoms with Gasteiger partial charge < -0.3 is 10.6 Å². The smallest absolute Gasteiger partial charge is 0.229 e. The van der Waals surface area contributed by atoms with Crippen LogP contribution in [-0.2, 0) is 11.2 Å². The van der Waals surface area contributed by atoms with E-state index in [9.17, 15) is 13.6 Å². The monoisotopic (exact) mass is 374 g/mol. The van der Waals surface area contributed by atoms with E-state index in [0.717, 1.165) is 0 Å². The van der Waals surface area contributed by atoms with Gasteiger partial charge >= 0.3 is 0 Å². The van der Waals surface area contributed by atoms with Crippen molar-refractivity contribution in [2.45, 2.75) is 6.42 Å². The van der Waals surface area contributed by atoms with Gasteiger partial charge in [0, 0.05) is 5.69 Å². The third-order valence-corrected chi connectivity index (χ3v) is 3.69. The quantitative estimate of drug-likeness (QED) is 0.697. The Kier molecular flexibility index (Phi) is 5.38. The molecule has 3 aromatic rings. The number of rotatable bonds is 5. The zero-order chi connectivity index (χ0) is 18.5. The first-order valence-electron chi connectivity index (χ1n) is 7.60. The minimum absolute atomic E-state index is 0.00682. The highest BCUT2D eigenvalue weighted by atomic mass is 35.5. The van der Waals surface area contributed by atoms with Gasteiger partial charge in [0.2, 0.25) is 5.91 Å². The second-order valence-electron chi connectivity index (χ2n) is 5.41. The Bertz CT molecular complexity index is 917. The summed E-state index contributed by atoms with van der Waals surface area (Å²) in [6.07, 6.45) is 0.0933. The molecule has 0 saturated carbocycles. The van der Waals surface area contributed by atoms with Crippen LogP contribution < -0.4 is 10.6 Å². The molecule has 0 fully saturated rings. The van der Waals surface area contributed by atoms with Crippen LogP contribution in [0.2, 0.25) is 5.02 Å². The number of hydrogen-bond acceptors (Lipinski definition) is 4. The summed E-state index contributed by atoms with van der Waals surface area (Å²) < 4.78 is 26.0. The number of benzene rings is 2. The molecule has 132 valence electrons. The lowest BCUT2D eigenvalue weighted by atomic mass is 10.1. The van der Waals surface area contributed by atoms with Crippen LogP contribution >= 0.6 is 11.6 Å². The van der Waals surface area contributed by atoms with Gasteiger partial charge in [-0.2, -0.15) is 0 Å². The maximum Gasteiger partial charge on any atom is 0.229 e. The largest absolute Gasteiger partial charge is 0.339 e. The summed E-state index contributed by atoms with van der Waals surface area (Å²) in [4.78, 5) is 12.0. The first kappa shape index (κ1) is 17.8. The van der Waals surface area contributed by atoms with E-state index >= 15 is 0 Å². The average molecular weight is 375 g/mol.